The predicted octanol–water partition coefficient (Wildman–Crippen LogP) is 11.3. The van der Waals surface area contributed by atoms with Gasteiger partial charge in [-0.3, -0.25) is 0 Å². The van der Waals surface area contributed by atoms with E-state index in [1.807, 2.05) is 60.7 Å². The largest absolute Gasteiger partial charge is 0.456 e. The Labute approximate surface area is 293 Å². The highest BCUT2D eigenvalue weighted by Gasteiger charge is 2.36. The molecule has 0 N–H and O–H groups in total. The second-order valence-electron chi connectivity index (χ2n) is 15.0. The van der Waals surface area contributed by atoms with Crippen LogP contribution in [0.25, 0.3) is 78.4 Å². The number of nitrogens with zero attached hydrogens (tertiary/aromatic N) is 3. The molecule has 5 heteroatoms. The fourth-order valence-corrected chi connectivity index (χ4v) is 8.60. The van der Waals surface area contributed by atoms with Crippen LogP contribution in [-0.4, -0.2) is 23.0 Å². The van der Waals surface area contributed by atoms with Crippen LogP contribution in [0.2, 0.25) is 19.6 Å². The van der Waals surface area contributed by atoms with Crippen LogP contribution in [0.1, 0.15) is 25.0 Å². The van der Waals surface area contributed by atoms with Crippen molar-refractivity contribution in [1.29, 1.82) is 0 Å². The molecule has 242 valence electrons. The van der Waals surface area contributed by atoms with Gasteiger partial charge in [0.15, 0.2) is 17.5 Å². The van der Waals surface area contributed by atoms with E-state index in [0.717, 1.165) is 44.2 Å². The molecular weight excluding hydrogens is 627 g/mol. The lowest BCUT2D eigenvalue weighted by atomic mass is 9.81. The smallest absolute Gasteiger partial charge is 0.164 e. The van der Waals surface area contributed by atoms with Crippen LogP contribution in [0.5, 0.6) is 0 Å². The molecule has 0 fully saturated rings. The second kappa shape index (κ2) is 11.2. The Balaban J connectivity index is 1.14. The molecular formula is C45H37N3OSi. The van der Waals surface area contributed by atoms with Crippen molar-refractivity contribution in [2.45, 2.75) is 38.9 Å². The Morgan fingerprint density at radius 2 is 1.02 bits per heavy atom. The van der Waals surface area contributed by atoms with Gasteiger partial charge >= 0.3 is 0 Å². The van der Waals surface area contributed by atoms with Gasteiger partial charge in [0.2, 0.25) is 0 Å². The normalized spacial score (nSPS) is 13.5. The molecule has 9 rings (SSSR count). The summed E-state index contributed by atoms with van der Waals surface area (Å²) >= 11 is 0. The lowest BCUT2D eigenvalue weighted by Gasteiger charge is -2.24. The van der Waals surface area contributed by atoms with Gasteiger partial charge in [-0.1, -0.05) is 136 Å². The van der Waals surface area contributed by atoms with E-state index >= 15 is 0 Å². The first-order valence-electron chi connectivity index (χ1n) is 17.3. The highest BCUT2D eigenvalue weighted by molar-refractivity contribution is 6.88. The van der Waals surface area contributed by atoms with E-state index in [1.165, 1.54) is 33.0 Å². The molecule has 8 aromatic rings. The van der Waals surface area contributed by atoms with E-state index in [0.29, 0.717) is 17.5 Å². The lowest BCUT2D eigenvalue weighted by Crippen LogP contribution is -2.38. The number of aromatic nitrogens is 3. The van der Waals surface area contributed by atoms with Gasteiger partial charge in [0.05, 0.1) is 8.07 Å². The summed E-state index contributed by atoms with van der Waals surface area (Å²) in [6, 6.07) is 47.2. The van der Waals surface area contributed by atoms with Gasteiger partial charge in [-0.05, 0) is 69.8 Å². The van der Waals surface area contributed by atoms with Crippen molar-refractivity contribution < 1.29 is 4.42 Å². The zero-order valence-corrected chi connectivity index (χ0v) is 30.0. The van der Waals surface area contributed by atoms with E-state index in [2.05, 4.69) is 106 Å². The number of benzene rings is 6. The van der Waals surface area contributed by atoms with Gasteiger partial charge in [0.1, 0.15) is 11.2 Å². The first-order chi connectivity index (χ1) is 24.1. The molecule has 6 aromatic carbocycles. The Hall–Kier alpha value is -5.65. The van der Waals surface area contributed by atoms with E-state index in [-0.39, 0.29) is 5.41 Å². The monoisotopic (exact) mass is 663 g/mol. The number of hydrogen-bond donors (Lipinski definition) is 0. The van der Waals surface area contributed by atoms with Gasteiger partial charge in [-0.15, -0.1) is 0 Å². The van der Waals surface area contributed by atoms with Crippen LogP contribution in [0.15, 0.2) is 138 Å². The zero-order chi connectivity index (χ0) is 34.2. The quantitative estimate of drug-likeness (QED) is 0.172. The molecule has 4 nitrogen and oxygen atoms in total. The van der Waals surface area contributed by atoms with Crippen LogP contribution in [0.4, 0.5) is 0 Å². The fourth-order valence-electron chi connectivity index (χ4n) is 7.44. The molecule has 0 amide bonds. The van der Waals surface area contributed by atoms with Crippen LogP contribution in [0, 0.1) is 0 Å². The van der Waals surface area contributed by atoms with Crippen LogP contribution >= 0.6 is 0 Å². The molecule has 0 spiro atoms. The topological polar surface area (TPSA) is 51.8 Å². The maximum absolute atomic E-state index is 6.11. The molecule has 0 radical (unpaired) electrons. The minimum atomic E-state index is -1.44. The Kier molecular flexibility index (Phi) is 6.81. The highest BCUT2D eigenvalue weighted by Crippen LogP contribution is 2.49. The standard InChI is InChI=1S/C45H37N3OSi/c1-45(2)38-26-30(18-21-34(38)35-22-20-33(27-39(35)45)50(3,4)5)29-14-11-15-31(24-29)43-46-42(28-12-7-6-8-13-28)47-44(48-43)32-19-23-41-37(25-32)36-16-9-10-17-40(36)49-41/h6-27H,1-5H3. The van der Waals surface area contributed by atoms with E-state index in [4.69, 9.17) is 19.4 Å². The number of fused-ring (bicyclic) bond motifs is 6. The Bertz CT molecular complexity index is 2610. The summed E-state index contributed by atoms with van der Waals surface area (Å²) in [6.45, 7) is 12.0. The average molecular weight is 664 g/mol. The lowest BCUT2D eigenvalue weighted by molar-refractivity contribution is 0.661. The summed E-state index contributed by atoms with van der Waals surface area (Å²) in [7, 11) is -1.44. The van der Waals surface area contributed by atoms with Crippen LogP contribution < -0.4 is 5.19 Å². The molecule has 2 heterocycles. The zero-order valence-electron chi connectivity index (χ0n) is 29.0. The fraction of sp³-hybridized carbons (Fsp3) is 0.133. The third kappa shape index (κ3) is 5.00. The van der Waals surface area contributed by atoms with Crippen molar-refractivity contribution >= 4 is 35.2 Å². The van der Waals surface area contributed by atoms with Gasteiger partial charge in [0.25, 0.3) is 0 Å². The first-order valence-corrected chi connectivity index (χ1v) is 20.8. The minimum Gasteiger partial charge on any atom is -0.456 e. The van der Waals surface area contributed by atoms with Crippen molar-refractivity contribution in [3.8, 4) is 56.4 Å². The molecule has 0 atom stereocenters. The second-order valence-corrected chi connectivity index (χ2v) is 20.0. The van der Waals surface area contributed by atoms with Crippen molar-refractivity contribution in [1.82, 2.24) is 15.0 Å². The van der Waals surface area contributed by atoms with Gasteiger partial charge in [0, 0.05) is 32.9 Å². The van der Waals surface area contributed by atoms with Crippen LogP contribution in [-0.2, 0) is 5.41 Å². The number of furan rings is 1. The molecule has 0 unspecified atom stereocenters. The minimum absolute atomic E-state index is 0.0803. The molecule has 0 aliphatic heterocycles. The number of para-hydroxylation sites is 1. The predicted molar refractivity (Wildman–Crippen MR) is 209 cm³/mol. The summed E-state index contributed by atoms with van der Waals surface area (Å²) in [4.78, 5) is 15.1. The molecule has 0 saturated heterocycles. The number of rotatable bonds is 5. The maximum atomic E-state index is 6.11. The SMILES string of the molecule is CC1(C)c2cc(-c3cccc(-c4nc(-c5ccccc5)nc(-c5ccc6oc7ccccc7c6c5)n4)c3)ccc2-c2ccc([Si](C)(C)C)cc21. The summed E-state index contributed by atoms with van der Waals surface area (Å²) < 4.78 is 6.11. The molecule has 1 aliphatic rings. The molecule has 0 bridgehead atoms. The van der Waals surface area contributed by atoms with Gasteiger partial charge < -0.3 is 4.42 Å². The average Bonchev–Trinajstić information content (AvgIpc) is 3.62. The van der Waals surface area contributed by atoms with Crippen LogP contribution in [0.3, 0.4) is 0 Å². The van der Waals surface area contributed by atoms with Crippen molar-refractivity contribution in [2.24, 2.45) is 0 Å². The Morgan fingerprint density at radius 1 is 0.460 bits per heavy atom. The molecule has 0 saturated carbocycles. The van der Waals surface area contributed by atoms with E-state index in [9.17, 15) is 0 Å². The summed E-state index contributed by atoms with van der Waals surface area (Å²) in [5, 5.41) is 3.63. The Morgan fingerprint density at radius 3 is 1.78 bits per heavy atom. The first kappa shape index (κ1) is 30.4. The molecule has 2 aromatic heterocycles. The van der Waals surface area contributed by atoms with E-state index in [1.54, 1.807) is 0 Å². The molecule has 50 heavy (non-hydrogen) atoms. The maximum Gasteiger partial charge on any atom is 0.164 e. The van der Waals surface area contributed by atoms with Crippen molar-refractivity contribution in [3.63, 3.8) is 0 Å². The van der Waals surface area contributed by atoms with Crippen molar-refractivity contribution in [3.05, 3.63) is 145 Å². The summed E-state index contributed by atoms with van der Waals surface area (Å²) in [6.07, 6.45) is 0. The highest BCUT2D eigenvalue weighted by atomic mass is 28.3. The van der Waals surface area contributed by atoms with Gasteiger partial charge in [-0.25, -0.2) is 15.0 Å². The molecule has 1 aliphatic carbocycles. The van der Waals surface area contributed by atoms with Gasteiger partial charge in [-0.2, -0.15) is 0 Å². The van der Waals surface area contributed by atoms with Crippen molar-refractivity contribution in [2.75, 3.05) is 0 Å². The summed E-state index contributed by atoms with van der Waals surface area (Å²) in [5.41, 5.74) is 12.3. The van der Waals surface area contributed by atoms with E-state index < -0.39 is 8.07 Å². The third-order valence-electron chi connectivity index (χ3n) is 10.3. The summed E-state index contributed by atoms with van der Waals surface area (Å²) in [5.74, 6) is 1.91. The number of hydrogen-bond acceptors (Lipinski definition) is 4. The third-order valence-corrected chi connectivity index (χ3v) is 12.3.